The highest BCUT2D eigenvalue weighted by molar-refractivity contribution is 7.88. The van der Waals surface area contributed by atoms with Crippen molar-refractivity contribution < 1.29 is 8.42 Å². The molecule has 0 spiro atoms. The second-order valence-corrected chi connectivity index (χ2v) is 8.44. The first-order chi connectivity index (χ1) is 11.3. The number of benzene rings is 1. The number of aromatic nitrogens is 2. The summed E-state index contributed by atoms with van der Waals surface area (Å²) in [5, 5.41) is 4.60. The number of piperazine rings is 1. The number of nitrogens with zero attached hydrogens (tertiary/aromatic N) is 4. The highest BCUT2D eigenvalue weighted by atomic mass is 32.2. The zero-order chi connectivity index (χ0) is 17.3. The van der Waals surface area contributed by atoms with Crippen molar-refractivity contribution in [1.82, 2.24) is 19.0 Å². The van der Waals surface area contributed by atoms with Gasteiger partial charge in [0.15, 0.2) is 0 Å². The lowest BCUT2D eigenvalue weighted by molar-refractivity contribution is 0.138. The molecule has 0 saturated carbocycles. The summed E-state index contributed by atoms with van der Waals surface area (Å²) in [5.41, 5.74) is 3.27. The Bertz CT molecular complexity index is 801. The molecule has 0 amide bonds. The quantitative estimate of drug-likeness (QED) is 0.841. The van der Waals surface area contributed by atoms with Crippen LogP contribution in [0.3, 0.4) is 0 Å². The molecule has 7 heteroatoms. The first-order valence-corrected chi connectivity index (χ1v) is 9.96. The van der Waals surface area contributed by atoms with Crippen molar-refractivity contribution in [3.8, 4) is 11.3 Å². The fraction of sp³-hybridized carbons (Fsp3) is 0.471. The predicted octanol–water partition coefficient (Wildman–Crippen LogP) is 1.55. The molecule has 2 heterocycles. The molecule has 0 unspecified atom stereocenters. The van der Waals surface area contributed by atoms with Gasteiger partial charge >= 0.3 is 0 Å². The van der Waals surface area contributed by atoms with E-state index in [4.69, 9.17) is 0 Å². The van der Waals surface area contributed by atoms with Gasteiger partial charge < -0.3 is 0 Å². The summed E-state index contributed by atoms with van der Waals surface area (Å²) in [5.74, 6) is 0. The maximum atomic E-state index is 11.8. The number of hydrogen-bond donors (Lipinski definition) is 0. The lowest BCUT2D eigenvalue weighted by atomic mass is 10.1. The largest absolute Gasteiger partial charge is 0.296 e. The van der Waals surface area contributed by atoms with Gasteiger partial charge in [-0.3, -0.25) is 9.58 Å². The van der Waals surface area contributed by atoms with Gasteiger partial charge in [-0.05, 0) is 6.92 Å². The van der Waals surface area contributed by atoms with E-state index < -0.39 is 10.0 Å². The minimum atomic E-state index is -3.13. The van der Waals surface area contributed by atoms with Crippen LogP contribution in [0.2, 0.25) is 0 Å². The van der Waals surface area contributed by atoms with Gasteiger partial charge in [-0.25, -0.2) is 8.42 Å². The molecule has 0 radical (unpaired) electrons. The number of rotatable bonds is 4. The maximum Gasteiger partial charge on any atom is 0.211 e. The average Bonchev–Trinajstić information content (AvgIpc) is 2.87. The van der Waals surface area contributed by atoms with Gasteiger partial charge in [0, 0.05) is 56.6 Å². The normalized spacial score (nSPS) is 20.4. The van der Waals surface area contributed by atoms with Crippen LogP contribution in [0, 0.1) is 0 Å². The van der Waals surface area contributed by atoms with E-state index in [1.54, 1.807) is 4.31 Å². The Hall–Kier alpha value is -1.70. The van der Waals surface area contributed by atoms with Crippen molar-refractivity contribution in [2.75, 3.05) is 25.9 Å². The zero-order valence-electron chi connectivity index (χ0n) is 14.4. The zero-order valence-corrected chi connectivity index (χ0v) is 15.2. The molecule has 1 atom stereocenters. The summed E-state index contributed by atoms with van der Waals surface area (Å²) in [6.45, 7) is 4.76. The van der Waals surface area contributed by atoms with Crippen molar-refractivity contribution in [2.45, 2.75) is 19.5 Å². The van der Waals surface area contributed by atoms with Gasteiger partial charge in [-0.15, -0.1) is 0 Å². The summed E-state index contributed by atoms with van der Waals surface area (Å²) >= 11 is 0. The third kappa shape index (κ3) is 3.68. The molecule has 24 heavy (non-hydrogen) atoms. The summed E-state index contributed by atoms with van der Waals surface area (Å²) in [4.78, 5) is 2.30. The molecule has 1 fully saturated rings. The molecule has 0 bridgehead atoms. The minimum Gasteiger partial charge on any atom is -0.296 e. The molecule has 2 aromatic rings. The minimum absolute atomic E-state index is 0.00871. The van der Waals surface area contributed by atoms with E-state index in [1.165, 1.54) is 11.8 Å². The van der Waals surface area contributed by atoms with Crippen LogP contribution in [0.25, 0.3) is 11.3 Å². The van der Waals surface area contributed by atoms with Crippen molar-refractivity contribution in [3.05, 3.63) is 42.1 Å². The highest BCUT2D eigenvalue weighted by Gasteiger charge is 2.30. The SMILES string of the molecule is C[C@H]1CN(Cc2cn(C)nc2-c2ccccc2)CCN1S(C)(=O)=O. The Morgan fingerprint density at radius 3 is 2.54 bits per heavy atom. The van der Waals surface area contributed by atoms with E-state index in [0.717, 1.165) is 30.9 Å². The predicted molar refractivity (Wildman–Crippen MR) is 94.9 cm³/mol. The first-order valence-electron chi connectivity index (χ1n) is 8.11. The molecule has 130 valence electrons. The van der Waals surface area contributed by atoms with Crippen molar-refractivity contribution >= 4 is 10.0 Å². The number of sulfonamides is 1. The summed E-state index contributed by atoms with van der Waals surface area (Å²) < 4.78 is 27.0. The van der Waals surface area contributed by atoms with Crippen LogP contribution in [0.15, 0.2) is 36.5 Å². The smallest absolute Gasteiger partial charge is 0.211 e. The fourth-order valence-corrected chi connectivity index (χ4v) is 4.52. The van der Waals surface area contributed by atoms with E-state index in [-0.39, 0.29) is 6.04 Å². The molecule has 0 N–H and O–H groups in total. The van der Waals surface area contributed by atoms with Gasteiger partial charge in [0.25, 0.3) is 0 Å². The standard InChI is InChI=1S/C17H24N4O2S/c1-14-11-20(9-10-21(14)24(3,22)23)13-16-12-19(2)18-17(16)15-7-5-4-6-8-15/h4-8,12,14H,9-11,13H2,1-3H3/t14-/m0/s1. The number of hydrogen-bond acceptors (Lipinski definition) is 4. The topological polar surface area (TPSA) is 58.4 Å². The van der Waals surface area contributed by atoms with E-state index >= 15 is 0 Å². The molecule has 3 rings (SSSR count). The molecule has 1 saturated heterocycles. The third-order valence-corrected chi connectivity index (χ3v) is 5.82. The molecule has 1 aliphatic heterocycles. The van der Waals surface area contributed by atoms with Crippen molar-refractivity contribution in [3.63, 3.8) is 0 Å². The molecular formula is C17H24N4O2S. The van der Waals surface area contributed by atoms with E-state index in [9.17, 15) is 8.42 Å². The van der Waals surface area contributed by atoms with Crippen LogP contribution in [0.5, 0.6) is 0 Å². The van der Waals surface area contributed by atoms with Gasteiger partial charge in [-0.2, -0.15) is 9.40 Å². The molecular weight excluding hydrogens is 324 g/mol. The van der Waals surface area contributed by atoms with E-state index in [1.807, 2.05) is 36.9 Å². The molecule has 1 aromatic heterocycles. The second kappa shape index (κ2) is 6.66. The van der Waals surface area contributed by atoms with Gasteiger partial charge in [0.1, 0.15) is 0 Å². The Kier molecular flexibility index (Phi) is 4.76. The van der Waals surface area contributed by atoms with E-state index in [0.29, 0.717) is 6.54 Å². The second-order valence-electron chi connectivity index (χ2n) is 6.50. The Labute approximate surface area is 143 Å². The van der Waals surface area contributed by atoms with Crippen LogP contribution >= 0.6 is 0 Å². The van der Waals surface area contributed by atoms with Crippen molar-refractivity contribution in [2.24, 2.45) is 7.05 Å². The monoisotopic (exact) mass is 348 g/mol. The van der Waals surface area contributed by atoms with Crippen LogP contribution < -0.4 is 0 Å². The first kappa shape index (κ1) is 17.1. The molecule has 1 aliphatic rings. The van der Waals surface area contributed by atoms with Gasteiger partial charge in [0.05, 0.1) is 11.9 Å². The van der Waals surface area contributed by atoms with Crippen LogP contribution in [0.1, 0.15) is 12.5 Å². The number of aryl methyl sites for hydroxylation is 1. The lowest BCUT2D eigenvalue weighted by Gasteiger charge is -2.38. The Morgan fingerprint density at radius 2 is 1.92 bits per heavy atom. The van der Waals surface area contributed by atoms with Gasteiger partial charge in [0.2, 0.25) is 10.0 Å². The summed E-state index contributed by atoms with van der Waals surface area (Å²) in [6.07, 6.45) is 3.34. The Balaban J connectivity index is 1.76. The lowest BCUT2D eigenvalue weighted by Crippen LogP contribution is -2.53. The van der Waals surface area contributed by atoms with Crippen LogP contribution in [-0.2, 0) is 23.6 Å². The molecule has 1 aromatic carbocycles. The molecule has 6 nitrogen and oxygen atoms in total. The van der Waals surface area contributed by atoms with Crippen LogP contribution in [0.4, 0.5) is 0 Å². The van der Waals surface area contributed by atoms with Gasteiger partial charge in [-0.1, -0.05) is 30.3 Å². The Morgan fingerprint density at radius 1 is 1.21 bits per heavy atom. The average molecular weight is 348 g/mol. The van der Waals surface area contributed by atoms with Crippen LogP contribution in [-0.4, -0.2) is 59.3 Å². The summed E-state index contributed by atoms with van der Waals surface area (Å²) in [7, 11) is -1.20. The van der Waals surface area contributed by atoms with Crippen molar-refractivity contribution in [1.29, 1.82) is 0 Å². The third-order valence-electron chi connectivity index (χ3n) is 4.42. The molecule has 0 aliphatic carbocycles. The summed E-state index contributed by atoms with van der Waals surface area (Å²) in [6, 6.07) is 10.1. The van der Waals surface area contributed by atoms with E-state index in [2.05, 4.69) is 28.3 Å². The highest BCUT2D eigenvalue weighted by Crippen LogP contribution is 2.24. The maximum absolute atomic E-state index is 11.8. The fourth-order valence-electron chi connectivity index (χ4n) is 3.39.